The lowest BCUT2D eigenvalue weighted by molar-refractivity contribution is -0.125. The fourth-order valence-electron chi connectivity index (χ4n) is 1.66. The van der Waals surface area contributed by atoms with Crippen LogP contribution in [0.1, 0.15) is 20.3 Å². The number of hydrogen-bond donors (Lipinski definition) is 3. The Kier molecular flexibility index (Phi) is 4.54. The summed E-state index contributed by atoms with van der Waals surface area (Å²) in [4.78, 5) is 11.8. The number of nitrogens with two attached hydrogens (primary N) is 1. The largest absolute Gasteiger partial charge is 0.409 e. The Hall–Kier alpha value is -1.30. The van der Waals surface area contributed by atoms with E-state index in [4.69, 9.17) is 15.7 Å². The van der Waals surface area contributed by atoms with Crippen LogP contribution in [-0.4, -0.2) is 36.2 Å². The molecular formula is C10H19N3O3. The molecule has 1 rings (SSSR count). The van der Waals surface area contributed by atoms with E-state index in [-0.39, 0.29) is 23.6 Å². The number of oxime groups is 1. The van der Waals surface area contributed by atoms with Crippen LogP contribution in [0.2, 0.25) is 0 Å². The minimum Gasteiger partial charge on any atom is -0.409 e. The molecule has 0 aromatic carbocycles. The first-order valence-corrected chi connectivity index (χ1v) is 5.41. The van der Waals surface area contributed by atoms with Crippen molar-refractivity contribution < 1.29 is 14.7 Å². The minimum atomic E-state index is -0.432. The van der Waals surface area contributed by atoms with Crippen LogP contribution in [0.3, 0.4) is 0 Å². The molecular weight excluding hydrogens is 210 g/mol. The van der Waals surface area contributed by atoms with Gasteiger partial charge >= 0.3 is 0 Å². The van der Waals surface area contributed by atoms with Gasteiger partial charge in [-0.2, -0.15) is 0 Å². The Morgan fingerprint density at radius 1 is 1.62 bits per heavy atom. The molecule has 0 radical (unpaired) electrons. The van der Waals surface area contributed by atoms with Crippen molar-refractivity contribution >= 4 is 11.7 Å². The zero-order chi connectivity index (χ0) is 12.1. The van der Waals surface area contributed by atoms with E-state index in [1.807, 2.05) is 13.8 Å². The maximum atomic E-state index is 11.8. The van der Waals surface area contributed by atoms with E-state index in [1.165, 1.54) is 0 Å². The van der Waals surface area contributed by atoms with E-state index >= 15 is 0 Å². The third kappa shape index (κ3) is 3.10. The molecule has 1 aliphatic heterocycles. The number of amidine groups is 1. The molecule has 0 saturated carbocycles. The van der Waals surface area contributed by atoms with Gasteiger partial charge in [0.05, 0.1) is 18.6 Å². The van der Waals surface area contributed by atoms with Crippen LogP contribution in [0.25, 0.3) is 0 Å². The highest BCUT2D eigenvalue weighted by molar-refractivity contribution is 5.90. The molecule has 2 unspecified atom stereocenters. The quantitative estimate of drug-likeness (QED) is 0.271. The van der Waals surface area contributed by atoms with E-state index < -0.39 is 6.04 Å². The van der Waals surface area contributed by atoms with Gasteiger partial charge in [0.25, 0.3) is 0 Å². The van der Waals surface area contributed by atoms with Crippen molar-refractivity contribution in [2.24, 2.45) is 22.7 Å². The van der Waals surface area contributed by atoms with Gasteiger partial charge in [-0.3, -0.25) is 4.79 Å². The molecule has 1 fully saturated rings. The summed E-state index contributed by atoms with van der Waals surface area (Å²) in [6, 6.07) is -0.432. The van der Waals surface area contributed by atoms with Gasteiger partial charge in [-0.15, -0.1) is 0 Å². The molecule has 0 aromatic rings. The molecule has 6 nitrogen and oxygen atoms in total. The molecule has 16 heavy (non-hydrogen) atoms. The Labute approximate surface area is 94.8 Å². The normalized spacial score (nSPS) is 23.4. The van der Waals surface area contributed by atoms with Crippen molar-refractivity contribution in [3.8, 4) is 0 Å². The fraction of sp³-hybridized carbons (Fsp3) is 0.800. The van der Waals surface area contributed by atoms with Crippen molar-refractivity contribution in [1.29, 1.82) is 0 Å². The van der Waals surface area contributed by atoms with Gasteiger partial charge in [0.15, 0.2) is 5.84 Å². The minimum absolute atomic E-state index is 0.0299. The number of hydrogen-bond acceptors (Lipinski definition) is 4. The van der Waals surface area contributed by atoms with E-state index in [0.29, 0.717) is 13.2 Å². The maximum Gasteiger partial charge on any atom is 0.226 e. The Morgan fingerprint density at radius 3 is 2.75 bits per heavy atom. The first kappa shape index (κ1) is 12.8. The third-order valence-electron chi connectivity index (χ3n) is 2.70. The standard InChI is InChI=1S/C10H19N3O3/c1-6(2)8(9(11)13-15)12-10(14)7-3-4-16-5-7/h6-8,15H,3-5H2,1-2H3,(H2,11,13)(H,12,14). The molecule has 1 aliphatic rings. The highest BCUT2D eigenvalue weighted by Gasteiger charge is 2.28. The van der Waals surface area contributed by atoms with E-state index in [2.05, 4.69) is 10.5 Å². The molecule has 1 saturated heterocycles. The predicted octanol–water partition coefficient (Wildman–Crippen LogP) is -0.0899. The van der Waals surface area contributed by atoms with Crippen molar-refractivity contribution in [1.82, 2.24) is 5.32 Å². The number of nitrogens with zero attached hydrogens (tertiary/aromatic N) is 1. The Morgan fingerprint density at radius 2 is 2.31 bits per heavy atom. The average Bonchev–Trinajstić information content (AvgIpc) is 2.77. The molecule has 0 aliphatic carbocycles. The number of rotatable bonds is 4. The van der Waals surface area contributed by atoms with Gasteiger partial charge in [0, 0.05) is 6.61 Å². The van der Waals surface area contributed by atoms with Gasteiger partial charge in [0.2, 0.25) is 5.91 Å². The first-order valence-electron chi connectivity index (χ1n) is 5.41. The van der Waals surface area contributed by atoms with Crippen LogP contribution in [0.4, 0.5) is 0 Å². The van der Waals surface area contributed by atoms with Crippen LogP contribution in [0.5, 0.6) is 0 Å². The number of carbonyl (C=O) groups excluding carboxylic acids is 1. The van der Waals surface area contributed by atoms with Crippen LogP contribution < -0.4 is 11.1 Å². The highest BCUT2D eigenvalue weighted by atomic mass is 16.5. The molecule has 0 aromatic heterocycles. The lowest BCUT2D eigenvalue weighted by Gasteiger charge is -2.22. The molecule has 4 N–H and O–H groups in total. The fourth-order valence-corrected chi connectivity index (χ4v) is 1.66. The lowest BCUT2D eigenvalue weighted by Crippen LogP contribution is -2.49. The van der Waals surface area contributed by atoms with E-state index in [9.17, 15) is 4.79 Å². The van der Waals surface area contributed by atoms with Gasteiger partial charge in [-0.1, -0.05) is 19.0 Å². The summed E-state index contributed by atoms with van der Waals surface area (Å²) in [7, 11) is 0. The molecule has 92 valence electrons. The van der Waals surface area contributed by atoms with Crippen molar-refractivity contribution in [3.63, 3.8) is 0 Å². The Bertz CT molecular complexity index is 272. The second-order valence-corrected chi connectivity index (χ2v) is 4.32. The van der Waals surface area contributed by atoms with Gasteiger partial charge in [0.1, 0.15) is 0 Å². The molecule has 1 heterocycles. The smallest absolute Gasteiger partial charge is 0.226 e. The number of ether oxygens (including phenoxy) is 1. The van der Waals surface area contributed by atoms with Crippen LogP contribution >= 0.6 is 0 Å². The zero-order valence-electron chi connectivity index (χ0n) is 9.64. The third-order valence-corrected chi connectivity index (χ3v) is 2.70. The second-order valence-electron chi connectivity index (χ2n) is 4.32. The molecule has 0 spiro atoms. The molecule has 6 heteroatoms. The van der Waals surface area contributed by atoms with Crippen LogP contribution in [-0.2, 0) is 9.53 Å². The average molecular weight is 229 g/mol. The van der Waals surface area contributed by atoms with Crippen molar-refractivity contribution in [3.05, 3.63) is 0 Å². The summed E-state index contributed by atoms with van der Waals surface area (Å²) in [6.45, 7) is 4.86. The van der Waals surface area contributed by atoms with Gasteiger partial charge in [-0.05, 0) is 12.3 Å². The number of carbonyl (C=O) groups is 1. The second kappa shape index (κ2) is 5.69. The summed E-state index contributed by atoms with van der Waals surface area (Å²) in [5.74, 6) is -0.111. The monoisotopic (exact) mass is 229 g/mol. The van der Waals surface area contributed by atoms with Crippen molar-refractivity contribution in [2.45, 2.75) is 26.3 Å². The maximum absolute atomic E-state index is 11.8. The van der Waals surface area contributed by atoms with Gasteiger partial charge < -0.3 is 21.0 Å². The summed E-state index contributed by atoms with van der Waals surface area (Å²) in [5.41, 5.74) is 5.52. The van der Waals surface area contributed by atoms with Crippen molar-refractivity contribution in [2.75, 3.05) is 13.2 Å². The van der Waals surface area contributed by atoms with Crippen LogP contribution in [0.15, 0.2) is 5.16 Å². The highest BCUT2D eigenvalue weighted by Crippen LogP contribution is 2.13. The summed E-state index contributed by atoms with van der Waals surface area (Å²) >= 11 is 0. The summed E-state index contributed by atoms with van der Waals surface area (Å²) in [5, 5.41) is 14.3. The predicted molar refractivity (Wildman–Crippen MR) is 59.1 cm³/mol. The molecule has 1 amide bonds. The topological polar surface area (TPSA) is 96.9 Å². The Balaban J connectivity index is 2.57. The molecule has 0 bridgehead atoms. The van der Waals surface area contributed by atoms with Gasteiger partial charge in [-0.25, -0.2) is 0 Å². The zero-order valence-corrected chi connectivity index (χ0v) is 9.64. The van der Waals surface area contributed by atoms with E-state index in [1.54, 1.807) is 0 Å². The molecule has 2 atom stereocenters. The lowest BCUT2D eigenvalue weighted by atomic mass is 10.0. The first-order chi connectivity index (χ1) is 7.56. The number of nitrogens with one attached hydrogen (secondary N) is 1. The SMILES string of the molecule is CC(C)C(NC(=O)C1CCOC1)C(N)=NO. The van der Waals surface area contributed by atoms with Crippen LogP contribution in [0, 0.1) is 11.8 Å². The summed E-state index contributed by atoms with van der Waals surface area (Å²) in [6.07, 6.45) is 0.729. The summed E-state index contributed by atoms with van der Waals surface area (Å²) < 4.78 is 5.14. The van der Waals surface area contributed by atoms with E-state index in [0.717, 1.165) is 6.42 Å². The number of amides is 1.